The molecule has 1 heterocycles. The van der Waals surface area contributed by atoms with Crippen molar-refractivity contribution in [3.05, 3.63) is 29.6 Å². The van der Waals surface area contributed by atoms with E-state index in [1.807, 2.05) is 12.1 Å². The van der Waals surface area contributed by atoms with Crippen molar-refractivity contribution in [3.63, 3.8) is 0 Å². The monoisotopic (exact) mass is 149 g/mol. The summed E-state index contributed by atoms with van der Waals surface area (Å²) in [6, 6.07) is 5.42. The van der Waals surface area contributed by atoms with E-state index in [1.54, 1.807) is 12.3 Å². The van der Waals surface area contributed by atoms with Gasteiger partial charge in [-0.25, -0.2) is 4.98 Å². The molecule has 0 aliphatic heterocycles. The molecule has 0 saturated heterocycles. The second kappa shape index (κ2) is 3.23. The zero-order chi connectivity index (χ0) is 7.40. The Hall–Kier alpha value is -1.01. The second-order valence-corrected chi connectivity index (χ2v) is 2.10. The molecule has 0 aromatic carbocycles. The van der Waals surface area contributed by atoms with Crippen LogP contribution < -0.4 is 0 Å². The predicted octanol–water partition coefficient (Wildman–Crippen LogP) is 1.65. The van der Waals surface area contributed by atoms with Crippen LogP contribution in [0.2, 0.25) is 0 Å². The summed E-state index contributed by atoms with van der Waals surface area (Å²) in [7, 11) is 0. The smallest absolute Gasteiger partial charge is 0.140 e. The molecule has 0 aliphatic rings. The highest BCUT2D eigenvalue weighted by molar-refractivity contribution is 7.79. The number of aromatic nitrogens is 1. The van der Waals surface area contributed by atoms with Crippen molar-refractivity contribution in [1.82, 2.24) is 4.98 Å². The molecule has 0 unspecified atom stereocenters. The van der Waals surface area contributed by atoms with Crippen LogP contribution in [-0.4, -0.2) is 4.98 Å². The molecular weight excluding hydrogens is 144 g/mol. The Morgan fingerprint density at radius 3 is 2.80 bits per heavy atom. The average Bonchev–Trinajstić information content (AvgIpc) is 2.05. The highest BCUT2D eigenvalue weighted by atomic mass is 32.1. The molecule has 1 rings (SSSR count). The van der Waals surface area contributed by atoms with Crippen molar-refractivity contribution in [2.75, 3.05) is 0 Å². The minimum absolute atomic E-state index is 0.437. The Kier molecular flexibility index (Phi) is 2.30. The molecule has 1 radical (unpaired) electrons. The first kappa shape index (κ1) is 7.10. The van der Waals surface area contributed by atoms with Gasteiger partial charge in [0.25, 0.3) is 0 Å². The molecule has 0 atom stereocenters. The Morgan fingerprint density at radius 1 is 1.60 bits per heavy atom. The molecule has 2 nitrogen and oxygen atoms in total. The van der Waals surface area contributed by atoms with E-state index >= 15 is 0 Å². The summed E-state index contributed by atoms with van der Waals surface area (Å²) in [6.45, 7) is 0. The molecule has 0 aliphatic carbocycles. The molecule has 10 heavy (non-hydrogen) atoms. The molecule has 0 saturated carbocycles. The fourth-order valence-corrected chi connectivity index (χ4v) is 0.747. The number of nitrogens with zero attached hydrogens (tertiary/aromatic N) is 2. The molecule has 0 fully saturated rings. The van der Waals surface area contributed by atoms with E-state index in [9.17, 15) is 0 Å². The molecule has 1 aromatic rings. The maximum atomic E-state index is 8.36. The molecule has 0 amide bonds. The Morgan fingerprint density at radius 2 is 2.40 bits per heavy atom. The summed E-state index contributed by atoms with van der Waals surface area (Å²) < 4.78 is 0. The van der Waals surface area contributed by atoms with Crippen molar-refractivity contribution in [2.45, 2.75) is 5.75 Å². The van der Waals surface area contributed by atoms with Crippen molar-refractivity contribution < 1.29 is 0 Å². The second-order valence-electron chi connectivity index (χ2n) is 1.81. The van der Waals surface area contributed by atoms with Gasteiger partial charge in [0.15, 0.2) is 0 Å². The van der Waals surface area contributed by atoms with Gasteiger partial charge in [0.1, 0.15) is 11.8 Å². The number of hydrogen-bond donors (Lipinski definition) is 0. The van der Waals surface area contributed by atoms with E-state index in [4.69, 9.17) is 17.9 Å². The quantitative estimate of drug-likeness (QED) is 0.608. The van der Waals surface area contributed by atoms with Gasteiger partial charge in [0.2, 0.25) is 0 Å². The summed E-state index contributed by atoms with van der Waals surface area (Å²) in [6.07, 6.45) is 1.63. The molecular formula is C7H5N2S. The molecule has 0 N–H and O–H groups in total. The topological polar surface area (TPSA) is 36.7 Å². The van der Waals surface area contributed by atoms with Gasteiger partial charge in [-0.05, 0) is 11.6 Å². The van der Waals surface area contributed by atoms with Crippen LogP contribution in [0.25, 0.3) is 0 Å². The summed E-state index contributed by atoms with van der Waals surface area (Å²) >= 11 is 4.78. The minimum Gasteiger partial charge on any atom is -0.245 e. The lowest BCUT2D eigenvalue weighted by molar-refractivity contribution is 1.21. The summed E-state index contributed by atoms with van der Waals surface area (Å²) in [4.78, 5) is 3.84. The van der Waals surface area contributed by atoms with Crippen LogP contribution in [-0.2, 0) is 5.75 Å². The van der Waals surface area contributed by atoms with Crippen LogP contribution in [0.4, 0.5) is 0 Å². The first-order chi connectivity index (χ1) is 4.86. The lowest BCUT2D eigenvalue weighted by Crippen LogP contribution is -1.83. The van der Waals surface area contributed by atoms with E-state index < -0.39 is 0 Å². The maximum absolute atomic E-state index is 8.36. The summed E-state index contributed by atoms with van der Waals surface area (Å²) in [5.74, 6) is 0.554. The summed E-state index contributed by atoms with van der Waals surface area (Å²) in [5, 5.41) is 8.36. The standard InChI is InChI=1S/C7H5N2S/c8-3-7-2-1-6(5-10)4-9-7/h1-2,4H,5H2. The van der Waals surface area contributed by atoms with E-state index in [-0.39, 0.29) is 0 Å². The number of hydrogen-bond acceptors (Lipinski definition) is 2. The third-order valence-corrected chi connectivity index (χ3v) is 1.44. The maximum Gasteiger partial charge on any atom is 0.140 e. The molecule has 0 bridgehead atoms. The Balaban J connectivity index is 2.93. The first-order valence-corrected chi connectivity index (χ1v) is 3.37. The third-order valence-electron chi connectivity index (χ3n) is 1.11. The van der Waals surface area contributed by atoms with Crippen LogP contribution in [0.1, 0.15) is 11.3 Å². The Bertz CT molecular complexity index is 247. The average molecular weight is 149 g/mol. The third kappa shape index (κ3) is 1.49. The highest BCUT2D eigenvalue weighted by Gasteiger charge is 1.90. The fourth-order valence-electron chi connectivity index (χ4n) is 0.576. The minimum atomic E-state index is 0.437. The van der Waals surface area contributed by atoms with Gasteiger partial charge in [0, 0.05) is 11.9 Å². The van der Waals surface area contributed by atoms with E-state index in [0.29, 0.717) is 11.4 Å². The highest BCUT2D eigenvalue weighted by Crippen LogP contribution is 2.01. The largest absolute Gasteiger partial charge is 0.245 e. The lowest BCUT2D eigenvalue weighted by Gasteiger charge is -1.91. The van der Waals surface area contributed by atoms with E-state index in [2.05, 4.69) is 4.98 Å². The van der Waals surface area contributed by atoms with Crippen LogP contribution in [0.3, 0.4) is 0 Å². The van der Waals surface area contributed by atoms with Crippen LogP contribution >= 0.6 is 12.6 Å². The molecule has 1 aromatic heterocycles. The van der Waals surface area contributed by atoms with Gasteiger partial charge in [-0.2, -0.15) is 5.26 Å². The van der Waals surface area contributed by atoms with Crippen molar-refractivity contribution in [3.8, 4) is 6.07 Å². The van der Waals surface area contributed by atoms with Gasteiger partial charge in [-0.15, -0.1) is 0 Å². The predicted molar refractivity (Wildman–Crippen MR) is 40.2 cm³/mol. The summed E-state index contributed by atoms with van der Waals surface area (Å²) in [5.41, 5.74) is 1.42. The van der Waals surface area contributed by atoms with Gasteiger partial charge in [-0.1, -0.05) is 18.7 Å². The van der Waals surface area contributed by atoms with Crippen molar-refractivity contribution in [1.29, 1.82) is 5.26 Å². The lowest BCUT2D eigenvalue weighted by atomic mass is 10.3. The van der Waals surface area contributed by atoms with Crippen LogP contribution in [0.15, 0.2) is 18.3 Å². The normalized spacial score (nSPS) is 8.80. The Labute approximate surface area is 64.9 Å². The van der Waals surface area contributed by atoms with Gasteiger partial charge < -0.3 is 0 Å². The number of rotatable bonds is 1. The zero-order valence-corrected chi connectivity index (χ0v) is 6.06. The SMILES string of the molecule is N#Cc1ccc(C[S])cn1. The van der Waals surface area contributed by atoms with E-state index in [1.165, 1.54) is 0 Å². The molecule has 0 spiro atoms. The first-order valence-electron chi connectivity index (χ1n) is 2.80. The van der Waals surface area contributed by atoms with Crippen LogP contribution in [0, 0.1) is 11.3 Å². The van der Waals surface area contributed by atoms with Gasteiger partial charge in [0.05, 0.1) is 0 Å². The zero-order valence-electron chi connectivity index (χ0n) is 5.24. The molecule has 3 heteroatoms. The fraction of sp³-hybridized carbons (Fsp3) is 0.143. The van der Waals surface area contributed by atoms with E-state index in [0.717, 1.165) is 5.56 Å². The molecule has 49 valence electrons. The van der Waals surface area contributed by atoms with Gasteiger partial charge >= 0.3 is 0 Å². The number of nitriles is 1. The van der Waals surface area contributed by atoms with Crippen LogP contribution in [0.5, 0.6) is 0 Å². The van der Waals surface area contributed by atoms with Gasteiger partial charge in [-0.3, -0.25) is 0 Å². The number of pyridine rings is 1. The van der Waals surface area contributed by atoms with Crippen molar-refractivity contribution in [2.24, 2.45) is 0 Å². The van der Waals surface area contributed by atoms with Crippen molar-refractivity contribution >= 4 is 12.6 Å².